The molecule has 1 N–H and O–H groups in total. The van der Waals surface area contributed by atoms with Gasteiger partial charge < -0.3 is 4.90 Å². The van der Waals surface area contributed by atoms with E-state index in [1.165, 1.54) is 62.3 Å². The van der Waals surface area contributed by atoms with E-state index >= 15 is 0 Å². The molecule has 4 nitrogen and oxygen atoms in total. The van der Waals surface area contributed by atoms with E-state index in [1.807, 2.05) is 0 Å². The highest BCUT2D eigenvalue weighted by Crippen LogP contribution is 2.39. The lowest BCUT2D eigenvalue weighted by molar-refractivity contribution is 0.135. The quantitative estimate of drug-likeness (QED) is 0.837. The SMILES string of the molecule is CN(Cc1cc(C2CC2)n[nH]1)CC1CCCN(Cc2ccccc2)C1. The summed E-state index contributed by atoms with van der Waals surface area (Å²) in [7, 11) is 2.24. The van der Waals surface area contributed by atoms with Gasteiger partial charge in [0.2, 0.25) is 0 Å². The minimum Gasteiger partial charge on any atom is -0.300 e. The average Bonchev–Trinajstić information content (AvgIpc) is 3.36. The molecule has 1 aliphatic carbocycles. The lowest BCUT2D eigenvalue weighted by atomic mass is 9.97. The minimum absolute atomic E-state index is 0.736. The number of piperidine rings is 1. The van der Waals surface area contributed by atoms with Crippen LogP contribution in [0.1, 0.15) is 48.6 Å². The van der Waals surface area contributed by atoms with Crippen LogP contribution in [-0.4, -0.2) is 46.7 Å². The van der Waals surface area contributed by atoms with Crippen molar-refractivity contribution >= 4 is 0 Å². The van der Waals surface area contributed by atoms with Gasteiger partial charge in [0.25, 0.3) is 0 Å². The van der Waals surface area contributed by atoms with Crippen molar-refractivity contribution in [1.82, 2.24) is 20.0 Å². The second-order valence-corrected chi connectivity index (χ2v) is 8.02. The Morgan fingerprint density at radius 3 is 2.84 bits per heavy atom. The Hall–Kier alpha value is -1.65. The van der Waals surface area contributed by atoms with Crippen LogP contribution >= 0.6 is 0 Å². The normalized spacial score (nSPS) is 21.8. The number of nitrogens with zero attached hydrogens (tertiary/aromatic N) is 3. The third-order valence-corrected chi connectivity index (χ3v) is 5.51. The van der Waals surface area contributed by atoms with Gasteiger partial charge in [-0.05, 0) is 56.8 Å². The maximum absolute atomic E-state index is 4.48. The Labute approximate surface area is 151 Å². The molecule has 0 amide bonds. The zero-order valence-corrected chi connectivity index (χ0v) is 15.3. The van der Waals surface area contributed by atoms with Crippen LogP contribution in [0.4, 0.5) is 0 Å². The van der Waals surface area contributed by atoms with Gasteiger partial charge in [0.1, 0.15) is 0 Å². The first-order valence-corrected chi connectivity index (χ1v) is 9.75. The first kappa shape index (κ1) is 16.8. The van der Waals surface area contributed by atoms with Gasteiger partial charge in [0, 0.05) is 37.8 Å². The molecule has 4 heteroatoms. The van der Waals surface area contributed by atoms with Crippen LogP contribution in [-0.2, 0) is 13.1 Å². The highest BCUT2D eigenvalue weighted by Gasteiger charge is 2.26. The second-order valence-electron chi connectivity index (χ2n) is 8.02. The lowest BCUT2D eigenvalue weighted by Crippen LogP contribution is -2.39. The molecule has 2 aromatic rings. The molecule has 0 bridgehead atoms. The monoisotopic (exact) mass is 338 g/mol. The van der Waals surface area contributed by atoms with Gasteiger partial charge in [-0.25, -0.2) is 0 Å². The van der Waals surface area contributed by atoms with Gasteiger partial charge in [-0.2, -0.15) is 5.10 Å². The third-order valence-electron chi connectivity index (χ3n) is 5.51. The summed E-state index contributed by atoms with van der Waals surface area (Å²) in [6, 6.07) is 13.1. The van der Waals surface area contributed by atoms with Crippen LogP contribution in [0.3, 0.4) is 0 Å². The molecular weight excluding hydrogens is 308 g/mol. The van der Waals surface area contributed by atoms with Crippen LogP contribution < -0.4 is 0 Å². The number of H-pyrrole nitrogens is 1. The Kier molecular flexibility index (Phi) is 5.18. The molecule has 1 aromatic carbocycles. The number of likely N-dealkylation sites (tertiary alicyclic amines) is 1. The second kappa shape index (κ2) is 7.71. The predicted octanol–water partition coefficient (Wildman–Crippen LogP) is 3.63. The maximum atomic E-state index is 4.48. The molecule has 2 heterocycles. The molecule has 0 spiro atoms. The number of benzene rings is 1. The van der Waals surface area contributed by atoms with Crippen LogP contribution in [0.25, 0.3) is 0 Å². The van der Waals surface area contributed by atoms with E-state index in [9.17, 15) is 0 Å². The van der Waals surface area contributed by atoms with E-state index in [0.29, 0.717) is 0 Å². The topological polar surface area (TPSA) is 35.2 Å². The molecule has 2 fully saturated rings. The van der Waals surface area contributed by atoms with Crippen molar-refractivity contribution in [3.05, 3.63) is 53.3 Å². The van der Waals surface area contributed by atoms with Crippen molar-refractivity contribution in [2.24, 2.45) is 5.92 Å². The molecule has 0 radical (unpaired) electrons. The molecule has 25 heavy (non-hydrogen) atoms. The van der Waals surface area contributed by atoms with E-state index in [1.54, 1.807) is 0 Å². The summed E-state index contributed by atoms with van der Waals surface area (Å²) in [5.41, 5.74) is 3.97. The van der Waals surface area contributed by atoms with Gasteiger partial charge in [0.15, 0.2) is 0 Å². The molecule has 1 atom stereocenters. The van der Waals surface area contributed by atoms with Crippen molar-refractivity contribution in [2.75, 3.05) is 26.7 Å². The molecule has 1 unspecified atom stereocenters. The molecule has 1 aromatic heterocycles. The molecule has 1 aliphatic heterocycles. The lowest BCUT2D eigenvalue weighted by Gasteiger charge is -2.34. The Morgan fingerprint density at radius 2 is 2.04 bits per heavy atom. The van der Waals surface area contributed by atoms with Crippen molar-refractivity contribution in [1.29, 1.82) is 0 Å². The molecule has 4 rings (SSSR count). The highest BCUT2D eigenvalue weighted by molar-refractivity contribution is 5.17. The highest BCUT2D eigenvalue weighted by atomic mass is 15.2. The van der Waals surface area contributed by atoms with E-state index in [2.05, 4.69) is 63.4 Å². The van der Waals surface area contributed by atoms with Crippen LogP contribution in [0, 0.1) is 5.92 Å². The molecular formula is C21H30N4. The van der Waals surface area contributed by atoms with Gasteiger partial charge >= 0.3 is 0 Å². The summed E-state index contributed by atoms with van der Waals surface area (Å²) in [6.45, 7) is 5.69. The largest absolute Gasteiger partial charge is 0.300 e. The van der Waals surface area contributed by atoms with Gasteiger partial charge in [-0.3, -0.25) is 10.00 Å². The first-order chi connectivity index (χ1) is 12.3. The van der Waals surface area contributed by atoms with Crippen LogP contribution in [0.15, 0.2) is 36.4 Å². The third kappa shape index (κ3) is 4.71. The van der Waals surface area contributed by atoms with Crippen molar-refractivity contribution in [3.8, 4) is 0 Å². The van der Waals surface area contributed by atoms with E-state index in [-0.39, 0.29) is 0 Å². The smallest absolute Gasteiger partial charge is 0.0656 e. The van der Waals surface area contributed by atoms with Crippen molar-refractivity contribution < 1.29 is 0 Å². The molecule has 1 saturated heterocycles. The maximum Gasteiger partial charge on any atom is 0.0656 e. The summed E-state index contributed by atoms with van der Waals surface area (Å²) < 4.78 is 0. The Bertz CT molecular complexity index is 662. The van der Waals surface area contributed by atoms with Crippen molar-refractivity contribution in [3.63, 3.8) is 0 Å². The average molecular weight is 338 g/mol. The first-order valence-electron chi connectivity index (χ1n) is 9.75. The number of nitrogens with one attached hydrogen (secondary N) is 1. The molecule has 1 saturated carbocycles. The number of hydrogen-bond acceptors (Lipinski definition) is 3. The fraction of sp³-hybridized carbons (Fsp3) is 0.571. The number of hydrogen-bond donors (Lipinski definition) is 1. The number of rotatable bonds is 7. The molecule has 2 aliphatic rings. The fourth-order valence-electron chi connectivity index (χ4n) is 4.13. The van der Waals surface area contributed by atoms with E-state index in [4.69, 9.17) is 0 Å². The zero-order valence-electron chi connectivity index (χ0n) is 15.3. The fourth-order valence-corrected chi connectivity index (χ4v) is 4.13. The summed E-state index contributed by atoms with van der Waals surface area (Å²) in [5.74, 6) is 1.51. The Balaban J connectivity index is 1.26. The summed E-state index contributed by atoms with van der Waals surface area (Å²) in [4.78, 5) is 5.08. The van der Waals surface area contributed by atoms with Gasteiger partial charge in [-0.15, -0.1) is 0 Å². The summed E-state index contributed by atoms with van der Waals surface area (Å²) in [5, 5.41) is 7.71. The standard InChI is InChI=1S/C21H30N4/c1-24(16-20-12-21(23-22-20)19-9-10-19)13-18-8-5-11-25(15-18)14-17-6-3-2-4-7-17/h2-4,6-7,12,18-19H,5,8-11,13-16H2,1H3,(H,22,23). The van der Waals surface area contributed by atoms with Gasteiger partial charge in [-0.1, -0.05) is 30.3 Å². The molecule has 134 valence electrons. The van der Waals surface area contributed by atoms with Crippen molar-refractivity contribution in [2.45, 2.75) is 44.7 Å². The predicted molar refractivity (Wildman–Crippen MR) is 101 cm³/mol. The van der Waals surface area contributed by atoms with Crippen LogP contribution in [0.5, 0.6) is 0 Å². The summed E-state index contributed by atoms with van der Waals surface area (Å²) >= 11 is 0. The van der Waals surface area contributed by atoms with E-state index < -0.39 is 0 Å². The number of aromatic amines is 1. The van der Waals surface area contributed by atoms with Gasteiger partial charge in [0.05, 0.1) is 5.69 Å². The minimum atomic E-state index is 0.736. The van der Waals surface area contributed by atoms with E-state index in [0.717, 1.165) is 24.9 Å². The summed E-state index contributed by atoms with van der Waals surface area (Å²) in [6.07, 6.45) is 5.31. The number of aromatic nitrogens is 2. The zero-order chi connectivity index (χ0) is 17.1. The van der Waals surface area contributed by atoms with Crippen LogP contribution in [0.2, 0.25) is 0 Å². The Morgan fingerprint density at radius 1 is 1.20 bits per heavy atom.